The fourth-order valence-electron chi connectivity index (χ4n) is 2.38. The van der Waals surface area contributed by atoms with E-state index in [-0.39, 0.29) is 11.6 Å². The molecule has 5 nitrogen and oxygen atoms in total. The second kappa shape index (κ2) is 6.70. The summed E-state index contributed by atoms with van der Waals surface area (Å²) in [6.45, 7) is 3.41. The third-order valence-corrected chi connectivity index (χ3v) is 4.60. The molecule has 1 unspecified atom stereocenters. The van der Waals surface area contributed by atoms with E-state index in [9.17, 15) is 9.50 Å². The fourth-order valence-corrected chi connectivity index (χ4v) is 3.14. The minimum absolute atomic E-state index is 0.178. The summed E-state index contributed by atoms with van der Waals surface area (Å²) in [4.78, 5) is 13.2. The maximum Gasteiger partial charge on any atom is 0.175 e. The molecule has 3 aromatic rings. The molecule has 0 spiro atoms. The lowest BCUT2D eigenvalue weighted by Gasteiger charge is -2.22. The lowest BCUT2D eigenvalue weighted by atomic mass is 9.95. The van der Waals surface area contributed by atoms with E-state index in [1.807, 2.05) is 18.4 Å². The third kappa shape index (κ3) is 3.42. The highest BCUT2D eigenvalue weighted by molar-refractivity contribution is 7.17. The predicted octanol–water partition coefficient (Wildman–Crippen LogP) is 3.65. The van der Waals surface area contributed by atoms with Crippen molar-refractivity contribution in [1.29, 1.82) is 0 Å². The molecular weight excluding hydrogens is 339 g/mol. The molecule has 0 saturated heterocycles. The van der Waals surface area contributed by atoms with Gasteiger partial charge in [0, 0.05) is 0 Å². The average molecular weight is 356 g/mol. The number of halogens is 1. The SMILES string of the molecule is CC=CC(N)=Nc1nc(C(C)(O)c2ccc(F)cc2)nc2ccsc12. The standard InChI is InChI=1S/C18H17FN4OS/c1-3-4-14(20)22-16-15-13(9-10-25-15)21-17(23-16)18(2,24)11-5-7-12(19)8-6-11/h3-10,24H,1-2H3,(H2,20,21,22,23). The van der Waals surface area contributed by atoms with E-state index in [1.165, 1.54) is 35.6 Å². The number of benzene rings is 1. The molecule has 0 aliphatic carbocycles. The first kappa shape index (κ1) is 17.2. The second-order valence-corrected chi connectivity index (χ2v) is 6.54. The van der Waals surface area contributed by atoms with E-state index < -0.39 is 5.60 Å². The van der Waals surface area contributed by atoms with Crippen molar-refractivity contribution in [3.8, 4) is 0 Å². The first-order valence-electron chi connectivity index (χ1n) is 7.63. The monoisotopic (exact) mass is 356 g/mol. The number of rotatable bonds is 4. The molecule has 0 amide bonds. The quantitative estimate of drug-likeness (QED) is 0.552. The van der Waals surface area contributed by atoms with Gasteiger partial charge >= 0.3 is 0 Å². The topological polar surface area (TPSA) is 84.4 Å². The number of amidine groups is 1. The van der Waals surface area contributed by atoms with Crippen LogP contribution < -0.4 is 5.73 Å². The van der Waals surface area contributed by atoms with Crippen LogP contribution in [0.1, 0.15) is 25.2 Å². The van der Waals surface area contributed by atoms with Gasteiger partial charge in [0.15, 0.2) is 11.6 Å². The van der Waals surface area contributed by atoms with Gasteiger partial charge in [0.25, 0.3) is 0 Å². The summed E-state index contributed by atoms with van der Waals surface area (Å²) in [5, 5.41) is 12.8. The van der Waals surface area contributed by atoms with E-state index in [0.717, 1.165) is 4.70 Å². The number of aromatic nitrogens is 2. The van der Waals surface area contributed by atoms with Crippen LogP contribution in [0.15, 0.2) is 52.9 Å². The number of thiophene rings is 1. The largest absolute Gasteiger partial charge is 0.384 e. The van der Waals surface area contributed by atoms with Gasteiger partial charge < -0.3 is 10.8 Å². The maximum absolute atomic E-state index is 13.2. The Morgan fingerprint density at radius 1 is 1.28 bits per heavy atom. The van der Waals surface area contributed by atoms with Gasteiger partial charge in [0.05, 0.1) is 10.2 Å². The number of fused-ring (bicyclic) bond motifs is 1. The molecule has 0 aliphatic heterocycles. The molecule has 0 bridgehead atoms. The van der Waals surface area contributed by atoms with Crippen LogP contribution in [0, 0.1) is 5.82 Å². The molecule has 0 radical (unpaired) electrons. The Hall–Kier alpha value is -2.64. The van der Waals surface area contributed by atoms with Crippen LogP contribution in [0.5, 0.6) is 0 Å². The maximum atomic E-state index is 13.2. The molecule has 0 saturated carbocycles. The third-order valence-electron chi connectivity index (χ3n) is 3.70. The van der Waals surface area contributed by atoms with Crippen LogP contribution in [-0.4, -0.2) is 20.9 Å². The van der Waals surface area contributed by atoms with Crippen molar-refractivity contribution in [2.45, 2.75) is 19.4 Å². The Labute approximate surface area is 148 Å². The Kier molecular flexibility index (Phi) is 4.61. The first-order valence-corrected chi connectivity index (χ1v) is 8.51. The minimum atomic E-state index is -1.50. The summed E-state index contributed by atoms with van der Waals surface area (Å²) in [5.74, 6) is 0.506. The summed E-state index contributed by atoms with van der Waals surface area (Å²) in [7, 11) is 0. The van der Waals surface area contributed by atoms with Gasteiger partial charge in [-0.05, 0) is 49.1 Å². The van der Waals surface area contributed by atoms with Crippen molar-refractivity contribution >= 4 is 33.2 Å². The molecule has 128 valence electrons. The molecular formula is C18H17FN4OS. The summed E-state index contributed by atoms with van der Waals surface area (Å²) in [6.07, 6.45) is 3.45. The van der Waals surface area contributed by atoms with E-state index >= 15 is 0 Å². The predicted molar refractivity (Wildman–Crippen MR) is 98.6 cm³/mol. The Balaban J connectivity index is 2.16. The van der Waals surface area contributed by atoms with Crippen LogP contribution in [0.4, 0.5) is 10.2 Å². The zero-order valence-electron chi connectivity index (χ0n) is 13.8. The molecule has 1 atom stereocenters. The number of allylic oxidation sites excluding steroid dienone is 1. The Bertz CT molecular complexity index is 961. The van der Waals surface area contributed by atoms with E-state index in [0.29, 0.717) is 22.7 Å². The van der Waals surface area contributed by atoms with Crippen LogP contribution in [-0.2, 0) is 5.60 Å². The lowest BCUT2D eigenvalue weighted by Crippen LogP contribution is -2.26. The average Bonchev–Trinajstić information content (AvgIpc) is 3.04. The van der Waals surface area contributed by atoms with Gasteiger partial charge in [-0.3, -0.25) is 0 Å². The number of nitrogens with two attached hydrogens (primary N) is 1. The summed E-state index contributed by atoms with van der Waals surface area (Å²) < 4.78 is 14.0. The number of hydrogen-bond acceptors (Lipinski definition) is 5. The minimum Gasteiger partial charge on any atom is -0.384 e. The van der Waals surface area contributed by atoms with Gasteiger partial charge in [-0.2, -0.15) is 0 Å². The van der Waals surface area contributed by atoms with Crippen molar-refractivity contribution in [1.82, 2.24) is 9.97 Å². The number of hydrogen-bond donors (Lipinski definition) is 2. The summed E-state index contributed by atoms with van der Waals surface area (Å²) >= 11 is 1.45. The highest BCUT2D eigenvalue weighted by Crippen LogP contribution is 2.33. The molecule has 0 aliphatic rings. The Morgan fingerprint density at radius 2 is 2.00 bits per heavy atom. The van der Waals surface area contributed by atoms with E-state index in [1.54, 1.807) is 19.1 Å². The number of nitrogens with zero attached hydrogens (tertiary/aromatic N) is 3. The highest BCUT2D eigenvalue weighted by atomic mass is 32.1. The fraction of sp³-hybridized carbons (Fsp3) is 0.167. The number of aliphatic hydroxyl groups is 1. The summed E-state index contributed by atoms with van der Waals surface area (Å²) in [5.41, 5.74) is 5.53. The second-order valence-electron chi connectivity index (χ2n) is 5.62. The van der Waals surface area contributed by atoms with Crippen molar-refractivity contribution in [3.05, 3.63) is 65.1 Å². The highest BCUT2D eigenvalue weighted by Gasteiger charge is 2.30. The zero-order valence-corrected chi connectivity index (χ0v) is 14.6. The molecule has 3 N–H and O–H groups in total. The lowest BCUT2D eigenvalue weighted by molar-refractivity contribution is 0.0926. The molecule has 2 heterocycles. The van der Waals surface area contributed by atoms with Crippen LogP contribution in [0.3, 0.4) is 0 Å². The normalized spacial score (nSPS) is 15.0. The van der Waals surface area contributed by atoms with Crippen LogP contribution in [0.25, 0.3) is 10.2 Å². The zero-order chi connectivity index (χ0) is 18.0. The van der Waals surface area contributed by atoms with Gasteiger partial charge in [0.1, 0.15) is 17.3 Å². The van der Waals surface area contributed by atoms with Gasteiger partial charge in [0.2, 0.25) is 0 Å². The van der Waals surface area contributed by atoms with Crippen molar-refractivity contribution in [2.75, 3.05) is 0 Å². The number of aliphatic imine (C=N–C) groups is 1. The molecule has 2 aromatic heterocycles. The van der Waals surface area contributed by atoms with Crippen molar-refractivity contribution in [2.24, 2.45) is 10.7 Å². The molecule has 25 heavy (non-hydrogen) atoms. The smallest absolute Gasteiger partial charge is 0.175 e. The Morgan fingerprint density at radius 3 is 2.68 bits per heavy atom. The van der Waals surface area contributed by atoms with Crippen molar-refractivity contribution in [3.63, 3.8) is 0 Å². The van der Waals surface area contributed by atoms with Gasteiger partial charge in [-0.25, -0.2) is 19.4 Å². The molecule has 3 rings (SSSR count). The molecule has 7 heteroatoms. The first-order chi connectivity index (χ1) is 11.9. The van der Waals surface area contributed by atoms with Crippen LogP contribution in [0.2, 0.25) is 0 Å². The van der Waals surface area contributed by atoms with Gasteiger partial charge in [-0.1, -0.05) is 18.2 Å². The molecule has 0 fully saturated rings. The van der Waals surface area contributed by atoms with E-state index in [4.69, 9.17) is 5.73 Å². The van der Waals surface area contributed by atoms with Crippen LogP contribution >= 0.6 is 11.3 Å². The van der Waals surface area contributed by atoms with Gasteiger partial charge in [-0.15, -0.1) is 11.3 Å². The van der Waals surface area contributed by atoms with Crippen molar-refractivity contribution < 1.29 is 9.50 Å². The molecule has 1 aromatic carbocycles. The van der Waals surface area contributed by atoms with E-state index in [2.05, 4.69) is 15.0 Å². The summed E-state index contributed by atoms with van der Waals surface area (Å²) in [6, 6.07) is 7.42.